The summed E-state index contributed by atoms with van der Waals surface area (Å²) in [5.74, 6) is 0.254. The number of halogens is 3. The molecule has 3 rings (SSSR count). The number of piperazine rings is 1. The first-order valence-electron chi connectivity index (χ1n) is 7.83. The zero-order valence-electron chi connectivity index (χ0n) is 13.9. The third-order valence-corrected chi connectivity index (χ3v) is 3.66. The molecule has 25 heavy (non-hydrogen) atoms. The summed E-state index contributed by atoms with van der Waals surface area (Å²) < 4.78 is 42.0. The van der Waals surface area contributed by atoms with Gasteiger partial charge < -0.3 is 14.5 Å². The van der Waals surface area contributed by atoms with Crippen LogP contribution in [0.1, 0.15) is 12.5 Å². The van der Waals surface area contributed by atoms with Gasteiger partial charge in [-0.05, 0) is 0 Å². The maximum atomic E-state index is 12.4. The molecule has 2 aliphatic rings. The molecule has 2 aliphatic heterocycles. The second-order valence-corrected chi connectivity index (χ2v) is 5.43. The smallest absolute Gasteiger partial charge is 0.374 e. The molecule has 1 fully saturated rings. The lowest BCUT2D eigenvalue weighted by molar-refractivity contribution is -0.138. The fourth-order valence-corrected chi connectivity index (χ4v) is 2.25. The van der Waals surface area contributed by atoms with E-state index in [-0.39, 0.29) is 11.9 Å². The van der Waals surface area contributed by atoms with Crippen LogP contribution >= 0.6 is 0 Å². The first kappa shape index (κ1) is 19.1. The molecule has 0 N–H and O–H groups in total. The van der Waals surface area contributed by atoms with Crippen molar-refractivity contribution in [3.63, 3.8) is 0 Å². The summed E-state index contributed by atoms with van der Waals surface area (Å²) in [6, 6.07) is 0. The van der Waals surface area contributed by atoms with Crippen molar-refractivity contribution in [1.82, 2.24) is 14.9 Å². The number of amides is 1. The zero-order chi connectivity index (χ0) is 18.3. The van der Waals surface area contributed by atoms with Gasteiger partial charge in [-0.15, -0.1) is 0 Å². The molecule has 0 radical (unpaired) electrons. The highest BCUT2D eigenvalue weighted by Gasteiger charge is 2.31. The van der Waals surface area contributed by atoms with Gasteiger partial charge in [-0.3, -0.25) is 9.79 Å². The standard InChI is InChI=1S/C11H13F3N4O.C4H7NO/c1-8(19)17-2-4-18(5-3-17)10-15-6-9(7-16-10)11(12,13)14;1-3-6-4-2-5-1/h6-7H,2-5H2,1H3;1H,2-4H2. The van der Waals surface area contributed by atoms with E-state index in [2.05, 4.69) is 15.0 Å². The minimum absolute atomic E-state index is 0.00649. The number of ether oxygens (including phenoxy) is 1. The van der Waals surface area contributed by atoms with E-state index in [0.29, 0.717) is 32.8 Å². The Morgan fingerprint density at radius 1 is 1.16 bits per heavy atom. The van der Waals surface area contributed by atoms with Gasteiger partial charge in [0.2, 0.25) is 11.9 Å². The fourth-order valence-electron chi connectivity index (χ4n) is 2.25. The van der Waals surface area contributed by atoms with Gasteiger partial charge >= 0.3 is 6.18 Å². The Labute approximate surface area is 143 Å². The Kier molecular flexibility index (Phi) is 6.68. The number of aliphatic imine (C=N–C) groups is 1. The van der Waals surface area contributed by atoms with Gasteiger partial charge in [0.25, 0.3) is 0 Å². The minimum atomic E-state index is -4.42. The lowest BCUT2D eigenvalue weighted by Crippen LogP contribution is -2.48. The van der Waals surface area contributed by atoms with Crippen LogP contribution in [-0.4, -0.2) is 72.9 Å². The van der Waals surface area contributed by atoms with E-state index in [1.807, 2.05) is 0 Å². The van der Waals surface area contributed by atoms with Crippen LogP contribution in [0.5, 0.6) is 0 Å². The Hall–Kier alpha value is -2.23. The van der Waals surface area contributed by atoms with Crippen molar-refractivity contribution in [2.24, 2.45) is 4.99 Å². The monoisotopic (exact) mass is 359 g/mol. The molecule has 10 heteroatoms. The van der Waals surface area contributed by atoms with E-state index in [0.717, 1.165) is 25.5 Å². The van der Waals surface area contributed by atoms with Crippen LogP contribution in [0.2, 0.25) is 0 Å². The van der Waals surface area contributed by atoms with Crippen LogP contribution in [0.3, 0.4) is 0 Å². The topological polar surface area (TPSA) is 70.9 Å². The Morgan fingerprint density at radius 3 is 2.16 bits per heavy atom. The number of nitrogens with zero attached hydrogens (tertiary/aromatic N) is 5. The highest BCUT2D eigenvalue weighted by molar-refractivity contribution is 5.73. The molecule has 138 valence electrons. The molecule has 1 amide bonds. The molecule has 1 saturated heterocycles. The molecule has 0 saturated carbocycles. The quantitative estimate of drug-likeness (QED) is 0.755. The minimum Gasteiger partial charge on any atom is -0.374 e. The van der Waals surface area contributed by atoms with Gasteiger partial charge in [0, 0.05) is 51.7 Å². The first-order chi connectivity index (χ1) is 11.9. The zero-order valence-corrected chi connectivity index (χ0v) is 13.9. The van der Waals surface area contributed by atoms with Crippen molar-refractivity contribution >= 4 is 18.1 Å². The molecular formula is C15H20F3N5O2. The maximum Gasteiger partial charge on any atom is 0.419 e. The summed E-state index contributed by atoms with van der Waals surface area (Å²) in [6.07, 6.45) is -1.07. The summed E-state index contributed by atoms with van der Waals surface area (Å²) in [7, 11) is 0. The number of hydrogen-bond acceptors (Lipinski definition) is 6. The second kappa shape index (κ2) is 8.75. The third-order valence-electron chi connectivity index (χ3n) is 3.66. The van der Waals surface area contributed by atoms with Crippen molar-refractivity contribution in [3.05, 3.63) is 18.0 Å². The molecular weight excluding hydrogens is 339 g/mol. The van der Waals surface area contributed by atoms with E-state index >= 15 is 0 Å². The largest absolute Gasteiger partial charge is 0.419 e. The Morgan fingerprint density at radius 2 is 1.80 bits per heavy atom. The van der Waals surface area contributed by atoms with Crippen molar-refractivity contribution < 1.29 is 22.7 Å². The highest BCUT2D eigenvalue weighted by Crippen LogP contribution is 2.28. The molecule has 0 unspecified atom stereocenters. The van der Waals surface area contributed by atoms with E-state index in [1.54, 1.807) is 16.0 Å². The fraction of sp³-hybridized carbons (Fsp3) is 0.600. The van der Waals surface area contributed by atoms with Gasteiger partial charge in [-0.1, -0.05) is 0 Å². The molecule has 3 heterocycles. The van der Waals surface area contributed by atoms with Crippen LogP contribution in [0.15, 0.2) is 17.4 Å². The van der Waals surface area contributed by atoms with Crippen LogP contribution in [0.25, 0.3) is 0 Å². The van der Waals surface area contributed by atoms with Crippen LogP contribution < -0.4 is 4.90 Å². The van der Waals surface area contributed by atoms with Gasteiger partial charge in [0.1, 0.15) is 0 Å². The SMILES string of the molecule is C1=NCCOC1.CC(=O)N1CCN(c2ncc(C(F)(F)F)cn2)CC1. The van der Waals surface area contributed by atoms with Gasteiger partial charge in [-0.25, -0.2) is 9.97 Å². The van der Waals surface area contributed by atoms with Gasteiger partial charge in [0.15, 0.2) is 0 Å². The number of carbonyl (C=O) groups is 1. The number of carbonyl (C=O) groups excluding carboxylic acids is 1. The Bertz CT molecular complexity index is 576. The van der Waals surface area contributed by atoms with Gasteiger partial charge in [0.05, 0.1) is 25.3 Å². The predicted molar refractivity (Wildman–Crippen MR) is 85.7 cm³/mol. The van der Waals surface area contributed by atoms with Gasteiger partial charge in [-0.2, -0.15) is 13.2 Å². The molecule has 0 bridgehead atoms. The summed E-state index contributed by atoms with van der Waals surface area (Å²) in [6.45, 7) is 5.94. The molecule has 0 atom stereocenters. The van der Waals surface area contributed by atoms with Crippen LogP contribution in [0, 0.1) is 0 Å². The summed E-state index contributed by atoms with van der Waals surface area (Å²) >= 11 is 0. The molecule has 0 spiro atoms. The number of aromatic nitrogens is 2. The van der Waals surface area contributed by atoms with Crippen LogP contribution in [0.4, 0.5) is 19.1 Å². The molecule has 1 aromatic heterocycles. The summed E-state index contributed by atoms with van der Waals surface area (Å²) in [5, 5.41) is 0. The molecule has 1 aromatic rings. The second-order valence-electron chi connectivity index (χ2n) is 5.43. The lowest BCUT2D eigenvalue weighted by Gasteiger charge is -2.34. The number of hydrogen-bond donors (Lipinski definition) is 0. The number of alkyl halides is 3. The van der Waals surface area contributed by atoms with Crippen molar-refractivity contribution in [2.45, 2.75) is 13.1 Å². The van der Waals surface area contributed by atoms with E-state index in [9.17, 15) is 18.0 Å². The molecule has 0 aliphatic carbocycles. The highest BCUT2D eigenvalue weighted by atomic mass is 19.4. The van der Waals surface area contributed by atoms with E-state index < -0.39 is 11.7 Å². The predicted octanol–water partition coefficient (Wildman–Crippen LogP) is 1.25. The maximum absolute atomic E-state index is 12.4. The third kappa shape index (κ3) is 5.96. The Balaban J connectivity index is 0.000000316. The van der Waals surface area contributed by atoms with E-state index in [1.165, 1.54) is 6.92 Å². The molecule has 0 aromatic carbocycles. The lowest BCUT2D eigenvalue weighted by atomic mass is 10.3. The van der Waals surface area contributed by atoms with Crippen molar-refractivity contribution in [1.29, 1.82) is 0 Å². The average molecular weight is 359 g/mol. The van der Waals surface area contributed by atoms with Crippen molar-refractivity contribution in [2.75, 3.05) is 50.8 Å². The number of rotatable bonds is 1. The summed E-state index contributed by atoms with van der Waals surface area (Å²) in [5.41, 5.74) is -0.862. The summed E-state index contributed by atoms with van der Waals surface area (Å²) in [4.78, 5) is 26.0. The van der Waals surface area contributed by atoms with Crippen LogP contribution in [-0.2, 0) is 15.7 Å². The van der Waals surface area contributed by atoms with Crippen molar-refractivity contribution in [3.8, 4) is 0 Å². The molecule has 7 nitrogen and oxygen atoms in total. The number of anilines is 1. The normalized spacial score (nSPS) is 17.8. The van der Waals surface area contributed by atoms with E-state index in [4.69, 9.17) is 4.74 Å². The first-order valence-corrected chi connectivity index (χ1v) is 7.83. The average Bonchev–Trinajstić information content (AvgIpc) is 2.63.